The van der Waals surface area contributed by atoms with E-state index in [1.807, 2.05) is 6.08 Å². The van der Waals surface area contributed by atoms with Crippen LogP contribution in [0.4, 0.5) is 0 Å². The van der Waals surface area contributed by atoms with Gasteiger partial charge in [-0.05, 0) is 44.9 Å². The van der Waals surface area contributed by atoms with Crippen molar-refractivity contribution in [3.63, 3.8) is 0 Å². The Morgan fingerprint density at radius 1 is 0.614 bits per heavy atom. The van der Waals surface area contributed by atoms with Crippen molar-refractivity contribution in [3.8, 4) is 0 Å². The van der Waals surface area contributed by atoms with Crippen LogP contribution >= 0.6 is 0 Å². The number of allylic oxidation sites excluding steroid dienone is 5. The van der Waals surface area contributed by atoms with Crippen LogP contribution in [0, 0.1) is 0 Å². The molecule has 12 atom stereocenters. The average molecular weight is 816 g/mol. The second kappa shape index (κ2) is 31.1. The van der Waals surface area contributed by atoms with Crippen LogP contribution in [0.1, 0.15) is 136 Å². The van der Waals surface area contributed by atoms with Gasteiger partial charge in [0.05, 0.1) is 32.0 Å². The van der Waals surface area contributed by atoms with Crippen molar-refractivity contribution >= 4 is 5.91 Å². The standard InChI is InChI=1S/C43H77NO13/c1-3-5-7-9-10-11-12-13-14-15-16-17-18-19-20-21-23-24-26-32(47)31(44-35(48)27-25-22-8-6-4-2)30-54-42-40(53)38(51)41(34(29-46)56-42)57-43-39(52)37(50)36(49)33(28-45)55-43/h15-16,19-20,24,26,31-34,36-43,45-47,49-53H,3-14,17-18,21-23,25,27-30H2,1-2H3,(H,44,48)/b16-15+,20-19+,26-24+. The van der Waals surface area contributed by atoms with Gasteiger partial charge in [-0.2, -0.15) is 0 Å². The molecule has 2 heterocycles. The quantitative estimate of drug-likeness (QED) is 0.0361. The van der Waals surface area contributed by atoms with E-state index in [0.29, 0.717) is 12.8 Å². The first-order valence-corrected chi connectivity index (χ1v) is 21.7. The van der Waals surface area contributed by atoms with Crippen molar-refractivity contribution in [2.45, 2.75) is 209 Å². The minimum absolute atomic E-state index is 0.265. The maximum absolute atomic E-state index is 12.9. The molecule has 0 saturated carbocycles. The van der Waals surface area contributed by atoms with E-state index in [1.54, 1.807) is 6.08 Å². The van der Waals surface area contributed by atoms with E-state index in [-0.39, 0.29) is 18.9 Å². The number of unbranched alkanes of at least 4 members (excludes halogenated alkanes) is 14. The minimum atomic E-state index is -1.79. The van der Waals surface area contributed by atoms with Crippen molar-refractivity contribution in [2.24, 2.45) is 0 Å². The van der Waals surface area contributed by atoms with Gasteiger partial charge in [0.25, 0.3) is 0 Å². The fraction of sp³-hybridized carbons (Fsp3) is 0.837. The Kier molecular flexibility index (Phi) is 28.1. The zero-order valence-corrected chi connectivity index (χ0v) is 34.6. The summed E-state index contributed by atoms with van der Waals surface area (Å²) in [7, 11) is 0. The fourth-order valence-electron chi connectivity index (χ4n) is 6.91. The van der Waals surface area contributed by atoms with Gasteiger partial charge in [-0.1, -0.05) is 121 Å². The highest BCUT2D eigenvalue weighted by molar-refractivity contribution is 5.76. The lowest BCUT2D eigenvalue weighted by atomic mass is 9.97. The van der Waals surface area contributed by atoms with Crippen molar-refractivity contribution in [2.75, 3.05) is 19.8 Å². The summed E-state index contributed by atoms with van der Waals surface area (Å²) in [6.07, 6.45) is 15.4. The van der Waals surface area contributed by atoms with E-state index in [2.05, 4.69) is 43.5 Å². The van der Waals surface area contributed by atoms with E-state index in [9.17, 15) is 45.6 Å². The molecule has 0 aromatic heterocycles. The molecule has 332 valence electrons. The zero-order valence-electron chi connectivity index (χ0n) is 34.6. The number of aliphatic hydroxyl groups is 8. The third-order valence-corrected chi connectivity index (χ3v) is 10.6. The first-order chi connectivity index (χ1) is 27.6. The van der Waals surface area contributed by atoms with Crippen LogP contribution in [0.15, 0.2) is 36.5 Å². The van der Waals surface area contributed by atoms with Gasteiger partial charge < -0.3 is 65.1 Å². The molecule has 14 nitrogen and oxygen atoms in total. The molecule has 0 aliphatic carbocycles. The largest absolute Gasteiger partial charge is 0.394 e. The Bertz CT molecular complexity index is 1100. The van der Waals surface area contributed by atoms with Gasteiger partial charge in [0.2, 0.25) is 5.91 Å². The van der Waals surface area contributed by atoms with Gasteiger partial charge in [-0.3, -0.25) is 4.79 Å². The Labute approximate surface area is 341 Å². The molecule has 0 aromatic carbocycles. The molecule has 2 aliphatic heterocycles. The summed E-state index contributed by atoms with van der Waals surface area (Å²) in [6, 6.07) is -0.930. The number of carbonyl (C=O) groups excluding carboxylic acids is 1. The zero-order chi connectivity index (χ0) is 41.8. The number of rotatable bonds is 31. The van der Waals surface area contributed by atoms with Crippen molar-refractivity contribution in [1.82, 2.24) is 5.32 Å². The van der Waals surface area contributed by atoms with E-state index in [4.69, 9.17) is 18.9 Å². The molecular weight excluding hydrogens is 738 g/mol. The second-order valence-electron chi connectivity index (χ2n) is 15.5. The maximum Gasteiger partial charge on any atom is 0.220 e. The lowest BCUT2D eigenvalue weighted by Crippen LogP contribution is -2.65. The van der Waals surface area contributed by atoms with E-state index >= 15 is 0 Å². The number of ether oxygens (including phenoxy) is 4. The Balaban J connectivity index is 1.88. The van der Waals surface area contributed by atoms with Crippen molar-refractivity contribution in [1.29, 1.82) is 0 Å². The normalized spacial score (nSPS) is 29.4. The molecule has 2 aliphatic rings. The number of hydrogen-bond acceptors (Lipinski definition) is 13. The molecule has 1 amide bonds. The number of hydrogen-bond donors (Lipinski definition) is 9. The molecular formula is C43H77NO13. The summed E-state index contributed by atoms with van der Waals surface area (Å²) < 4.78 is 22.5. The highest BCUT2D eigenvalue weighted by atomic mass is 16.7. The van der Waals surface area contributed by atoms with Gasteiger partial charge >= 0.3 is 0 Å². The lowest BCUT2D eigenvalue weighted by molar-refractivity contribution is -0.359. The van der Waals surface area contributed by atoms with Gasteiger partial charge in [0.15, 0.2) is 12.6 Å². The average Bonchev–Trinajstić information content (AvgIpc) is 3.21. The van der Waals surface area contributed by atoms with E-state index in [1.165, 1.54) is 51.4 Å². The molecule has 9 N–H and O–H groups in total. The van der Waals surface area contributed by atoms with Crippen LogP contribution < -0.4 is 5.32 Å². The van der Waals surface area contributed by atoms with Gasteiger partial charge in [0, 0.05) is 6.42 Å². The van der Waals surface area contributed by atoms with Crippen LogP contribution in [0.5, 0.6) is 0 Å². The molecule has 14 heteroatoms. The maximum atomic E-state index is 12.9. The van der Waals surface area contributed by atoms with Crippen molar-refractivity contribution < 1.29 is 64.6 Å². The summed E-state index contributed by atoms with van der Waals surface area (Å²) in [5, 5.41) is 86.0. The molecule has 0 aromatic rings. The van der Waals surface area contributed by atoms with Crippen molar-refractivity contribution in [3.05, 3.63) is 36.5 Å². The molecule has 0 spiro atoms. The fourth-order valence-corrected chi connectivity index (χ4v) is 6.91. The van der Waals surface area contributed by atoms with Gasteiger partial charge in [-0.25, -0.2) is 0 Å². The monoisotopic (exact) mass is 816 g/mol. The predicted molar refractivity (Wildman–Crippen MR) is 217 cm³/mol. The van der Waals surface area contributed by atoms with Crippen LogP contribution in [-0.2, 0) is 23.7 Å². The van der Waals surface area contributed by atoms with Gasteiger partial charge in [0.1, 0.15) is 48.8 Å². The molecule has 2 fully saturated rings. The summed E-state index contributed by atoms with van der Waals surface area (Å²) in [5.74, 6) is -0.270. The molecule has 0 radical (unpaired) electrons. The first kappa shape index (κ1) is 51.4. The second-order valence-corrected chi connectivity index (χ2v) is 15.5. The highest BCUT2D eigenvalue weighted by Gasteiger charge is 2.50. The summed E-state index contributed by atoms with van der Waals surface area (Å²) in [6.45, 7) is 2.62. The first-order valence-electron chi connectivity index (χ1n) is 21.7. The summed E-state index contributed by atoms with van der Waals surface area (Å²) in [4.78, 5) is 12.9. The number of amides is 1. The molecule has 2 saturated heterocycles. The Hall–Kier alpha value is -1.79. The van der Waals surface area contributed by atoms with Crippen LogP contribution in [-0.4, -0.2) is 140 Å². The molecule has 57 heavy (non-hydrogen) atoms. The third kappa shape index (κ3) is 19.9. The Morgan fingerprint density at radius 3 is 1.72 bits per heavy atom. The minimum Gasteiger partial charge on any atom is -0.394 e. The molecule has 0 bridgehead atoms. The molecule has 12 unspecified atom stereocenters. The van der Waals surface area contributed by atoms with Crippen LogP contribution in [0.25, 0.3) is 0 Å². The number of carbonyl (C=O) groups is 1. The van der Waals surface area contributed by atoms with Gasteiger partial charge in [-0.15, -0.1) is 0 Å². The van der Waals surface area contributed by atoms with Crippen LogP contribution in [0.3, 0.4) is 0 Å². The van der Waals surface area contributed by atoms with E-state index in [0.717, 1.165) is 51.4 Å². The SMILES string of the molecule is CCCCCCCCCC/C=C/CC/C=C/CC/C=C/C(O)C(COC1OC(CO)C(OC2OC(CO)C(O)C(O)C2O)C(O)C1O)NC(=O)CCCCCCC. The number of aliphatic hydroxyl groups excluding tert-OH is 8. The molecule has 2 rings (SSSR count). The summed E-state index contributed by atoms with van der Waals surface area (Å²) >= 11 is 0. The number of nitrogens with one attached hydrogen (secondary N) is 1. The highest BCUT2D eigenvalue weighted by Crippen LogP contribution is 2.29. The third-order valence-electron chi connectivity index (χ3n) is 10.6. The van der Waals surface area contributed by atoms with Crippen LogP contribution in [0.2, 0.25) is 0 Å². The topological polar surface area (TPSA) is 228 Å². The Morgan fingerprint density at radius 2 is 1.12 bits per heavy atom. The predicted octanol–water partition coefficient (Wildman–Crippen LogP) is 3.59. The smallest absolute Gasteiger partial charge is 0.220 e. The lowest BCUT2D eigenvalue weighted by Gasteiger charge is -2.46. The summed E-state index contributed by atoms with van der Waals surface area (Å²) in [5.41, 5.74) is 0. The van der Waals surface area contributed by atoms with E-state index < -0.39 is 86.8 Å².